The fourth-order valence-electron chi connectivity index (χ4n) is 2.64. The Kier molecular flexibility index (Phi) is 4.87. The second-order valence-electron chi connectivity index (χ2n) is 5.49. The molecule has 1 fully saturated rings. The first kappa shape index (κ1) is 16.7. The minimum absolute atomic E-state index is 0.0536. The maximum atomic E-state index is 12.7. The minimum atomic E-state index is -0.259. The third-order valence-corrected chi connectivity index (χ3v) is 4.94. The Hall–Kier alpha value is -1.20. The number of benzene rings is 1. The monoisotopic (exact) mass is 372 g/mol. The van der Waals surface area contributed by atoms with Gasteiger partial charge in [-0.2, -0.15) is 0 Å². The topological polar surface area (TPSA) is 45.3 Å². The van der Waals surface area contributed by atoms with E-state index in [4.69, 9.17) is 39.5 Å². The zero-order chi connectivity index (χ0) is 16.6. The molecule has 0 unspecified atom stereocenters. The Labute approximate surface area is 149 Å². The van der Waals surface area contributed by atoms with Gasteiger partial charge >= 0.3 is 0 Å². The van der Waals surface area contributed by atoms with E-state index in [-0.39, 0.29) is 23.2 Å². The molecule has 0 bridgehead atoms. The number of ether oxygens (including phenoxy) is 1. The number of carbonyl (C=O) groups is 1. The van der Waals surface area contributed by atoms with E-state index >= 15 is 0 Å². The second kappa shape index (κ2) is 6.73. The molecule has 0 aliphatic carbocycles. The minimum Gasteiger partial charge on any atom is -0.369 e. The highest BCUT2D eigenvalue weighted by molar-refractivity contribution is 6.41. The van der Waals surface area contributed by atoms with Gasteiger partial charge in [0, 0.05) is 10.6 Å². The van der Waals surface area contributed by atoms with Crippen LogP contribution in [-0.2, 0) is 4.74 Å². The first-order chi connectivity index (χ1) is 11.0. The standard InChI is InChI=1S/C16H15Cl3N2O2/c1-9-8-23-14(10-4-2-3-5-11(10)17)7-21(9)16(22)13-6-12(18)15(19)20-13/h2-6,9,14,20H,7-8H2,1H3/t9-,14+/m0/s1. The van der Waals surface area contributed by atoms with Crippen molar-refractivity contribution in [2.45, 2.75) is 19.1 Å². The first-order valence-electron chi connectivity index (χ1n) is 7.18. The Balaban J connectivity index is 1.83. The molecule has 0 radical (unpaired) electrons. The predicted octanol–water partition coefficient (Wildman–Crippen LogP) is 4.58. The third-order valence-electron chi connectivity index (χ3n) is 3.90. The number of hydrogen-bond donors (Lipinski definition) is 1. The van der Waals surface area contributed by atoms with E-state index < -0.39 is 0 Å². The van der Waals surface area contributed by atoms with Crippen LogP contribution in [0.2, 0.25) is 15.2 Å². The molecular weight excluding hydrogens is 359 g/mol. The van der Waals surface area contributed by atoms with Crippen molar-refractivity contribution in [1.82, 2.24) is 9.88 Å². The van der Waals surface area contributed by atoms with Gasteiger partial charge in [0.2, 0.25) is 0 Å². The number of aromatic nitrogens is 1. The first-order valence-corrected chi connectivity index (χ1v) is 8.31. The Morgan fingerprint density at radius 3 is 2.65 bits per heavy atom. The van der Waals surface area contributed by atoms with Crippen LogP contribution in [0.15, 0.2) is 30.3 Å². The van der Waals surface area contributed by atoms with Crippen LogP contribution in [0.25, 0.3) is 0 Å². The van der Waals surface area contributed by atoms with Crippen molar-refractivity contribution in [2.75, 3.05) is 13.2 Å². The Bertz CT molecular complexity index is 712. The molecule has 23 heavy (non-hydrogen) atoms. The molecule has 4 nitrogen and oxygen atoms in total. The van der Waals surface area contributed by atoms with Crippen molar-refractivity contribution >= 4 is 40.7 Å². The number of amides is 1. The molecule has 1 saturated heterocycles. The van der Waals surface area contributed by atoms with E-state index in [1.807, 2.05) is 31.2 Å². The molecule has 122 valence electrons. The highest BCUT2D eigenvalue weighted by Gasteiger charge is 2.32. The highest BCUT2D eigenvalue weighted by Crippen LogP contribution is 2.31. The van der Waals surface area contributed by atoms with Crippen LogP contribution in [0.3, 0.4) is 0 Å². The lowest BCUT2D eigenvalue weighted by molar-refractivity contribution is -0.0487. The summed E-state index contributed by atoms with van der Waals surface area (Å²) in [5.41, 5.74) is 1.24. The lowest BCUT2D eigenvalue weighted by Crippen LogP contribution is -2.48. The molecule has 1 aliphatic rings. The van der Waals surface area contributed by atoms with Crippen molar-refractivity contribution in [3.63, 3.8) is 0 Å². The summed E-state index contributed by atoms with van der Waals surface area (Å²) in [6, 6.07) is 8.98. The molecule has 0 saturated carbocycles. The SMILES string of the molecule is C[C@H]1CO[C@@H](c2ccccc2Cl)CN1C(=O)c1cc(Cl)c(Cl)[nH]1. The summed E-state index contributed by atoms with van der Waals surface area (Å²) in [6.45, 7) is 2.79. The average molecular weight is 374 g/mol. The van der Waals surface area contributed by atoms with Crippen molar-refractivity contribution < 1.29 is 9.53 Å². The largest absolute Gasteiger partial charge is 0.369 e. The molecule has 7 heteroatoms. The molecule has 1 aliphatic heterocycles. The average Bonchev–Trinajstić information content (AvgIpc) is 2.87. The summed E-state index contributed by atoms with van der Waals surface area (Å²) in [7, 11) is 0. The maximum Gasteiger partial charge on any atom is 0.270 e. The number of aromatic amines is 1. The molecule has 3 rings (SSSR count). The third kappa shape index (κ3) is 3.36. The van der Waals surface area contributed by atoms with E-state index in [2.05, 4.69) is 4.98 Å². The zero-order valence-electron chi connectivity index (χ0n) is 12.4. The number of carbonyl (C=O) groups excluding carboxylic acids is 1. The number of hydrogen-bond acceptors (Lipinski definition) is 2. The van der Waals surface area contributed by atoms with Gasteiger partial charge in [-0.1, -0.05) is 53.0 Å². The van der Waals surface area contributed by atoms with E-state index in [1.165, 1.54) is 0 Å². The zero-order valence-corrected chi connectivity index (χ0v) is 14.6. The predicted molar refractivity (Wildman–Crippen MR) is 91.5 cm³/mol. The van der Waals surface area contributed by atoms with Gasteiger partial charge in [-0.05, 0) is 19.1 Å². The van der Waals surface area contributed by atoms with Crippen LogP contribution in [0.5, 0.6) is 0 Å². The van der Waals surface area contributed by atoms with Gasteiger partial charge in [0.05, 0.1) is 24.2 Å². The van der Waals surface area contributed by atoms with E-state index in [0.717, 1.165) is 5.56 Å². The molecule has 2 heterocycles. The van der Waals surface area contributed by atoms with Gasteiger partial charge in [0.15, 0.2) is 0 Å². The molecule has 2 atom stereocenters. The fraction of sp³-hybridized carbons (Fsp3) is 0.312. The summed E-state index contributed by atoms with van der Waals surface area (Å²) < 4.78 is 5.86. The van der Waals surface area contributed by atoms with Crippen molar-refractivity contribution in [2.24, 2.45) is 0 Å². The van der Waals surface area contributed by atoms with Gasteiger partial charge in [-0.25, -0.2) is 0 Å². The summed E-state index contributed by atoms with van der Waals surface area (Å²) in [5.74, 6) is -0.161. The van der Waals surface area contributed by atoms with Crippen LogP contribution in [-0.4, -0.2) is 35.0 Å². The van der Waals surface area contributed by atoms with Gasteiger partial charge < -0.3 is 14.6 Å². The summed E-state index contributed by atoms with van der Waals surface area (Å²) in [4.78, 5) is 17.3. The van der Waals surface area contributed by atoms with E-state index in [0.29, 0.717) is 28.9 Å². The smallest absolute Gasteiger partial charge is 0.270 e. The van der Waals surface area contributed by atoms with E-state index in [1.54, 1.807) is 11.0 Å². The number of H-pyrrole nitrogens is 1. The molecule has 1 N–H and O–H groups in total. The van der Waals surface area contributed by atoms with Crippen molar-refractivity contribution in [1.29, 1.82) is 0 Å². The lowest BCUT2D eigenvalue weighted by atomic mass is 10.1. The van der Waals surface area contributed by atoms with Crippen molar-refractivity contribution in [3.05, 3.63) is 56.8 Å². The fourth-order valence-corrected chi connectivity index (χ4v) is 3.21. The Morgan fingerprint density at radius 2 is 2.00 bits per heavy atom. The number of halogens is 3. The van der Waals surface area contributed by atoms with Gasteiger partial charge in [0.1, 0.15) is 17.0 Å². The number of nitrogens with zero attached hydrogens (tertiary/aromatic N) is 1. The molecule has 1 aromatic heterocycles. The summed E-state index contributed by atoms with van der Waals surface area (Å²) in [6.07, 6.45) is -0.259. The van der Waals surface area contributed by atoms with Crippen molar-refractivity contribution in [3.8, 4) is 0 Å². The van der Waals surface area contributed by atoms with E-state index in [9.17, 15) is 4.79 Å². The number of nitrogens with one attached hydrogen (secondary N) is 1. The van der Waals surface area contributed by atoms with Crippen LogP contribution in [0.4, 0.5) is 0 Å². The molecule has 0 spiro atoms. The molecular formula is C16H15Cl3N2O2. The lowest BCUT2D eigenvalue weighted by Gasteiger charge is -2.38. The molecule has 1 aromatic carbocycles. The highest BCUT2D eigenvalue weighted by atomic mass is 35.5. The number of rotatable bonds is 2. The summed E-state index contributed by atoms with van der Waals surface area (Å²) >= 11 is 18.0. The normalized spacial score (nSPS) is 21.5. The second-order valence-corrected chi connectivity index (χ2v) is 6.69. The van der Waals surface area contributed by atoms with Crippen LogP contribution >= 0.6 is 34.8 Å². The van der Waals surface area contributed by atoms with Gasteiger partial charge in [0.25, 0.3) is 5.91 Å². The molecule has 1 amide bonds. The quantitative estimate of drug-likeness (QED) is 0.837. The van der Waals surface area contributed by atoms with Crippen LogP contribution in [0.1, 0.15) is 29.1 Å². The maximum absolute atomic E-state index is 12.7. The van der Waals surface area contributed by atoms with Crippen LogP contribution in [0, 0.1) is 0 Å². The number of morpholine rings is 1. The Morgan fingerprint density at radius 1 is 1.26 bits per heavy atom. The van der Waals surface area contributed by atoms with Gasteiger partial charge in [-0.3, -0.25) is 4.79 Å². The van der Waals surface area contributed by atoms with Crippen LogP contribution < -0.4 is 0 Å². The summed E-state index contributed by atoms with van der Waals surface area (Å²) in [5, 5.41) is 1.22. The van der Waals surface area contributed by atoms with Gasteiger partial charge in [-0.15, -0.1) is 0 Å². The molecule has 2 aromatic rings.